The Kier molecular flexibility index (Phi) is 4.05. The van der Waals surface area contributed by atoms with Crippen molar-refractivity contribution in [2.24, 2.45) is 0 Å². The van der Waals surface area contributed by atoms with Gasteiger partial charge in [0.1, 0.15) is 5.82 Å². The van der Waals surface area contributed by atoms with Gasteiger partial charge < -0.3 is 5.73 Å². The van der Waals surface area contributed by atoms with Gasteiger partial charge in [0.25, 0.3) is 0 Å². The standard InChI is InChI=1S/C17H19ClFN/c1-4-17(2,3)12-7-5-11(6-8-12)14-9-13(19)10-15(18)16(14)20/h5-10H,4,20H2,1-3H3. The molecule has 0 aliphatic heterocycles. The molecule has 20 heavy (non-hydrogen) atoms. The van der Waals surface area contributed by atoms with Crippen molar-refractivity contribution in [3.8, 4) is 11.1 Å². The normalized spacial score (nSPS) is 11.7. The summed E-state index contributed by atoms with van der Waals surface area (Å²) < 4.78 is 13.5. The molecule has 3 heteroatoms. The second-order valence-corrected chi connectivity index (χ2v) is 6.07. The van der Waals surface area contributed by atoms with Crippen molar-refractivity contribution in [1.82, 2.24) is 0 Å². The molecule has 2 rings (SSSR count). The van der Waals surface area contributed by atoms with Gasteiger partial charge in [-0.15, -0.1) is 0 Å². The molecule has 0 heterocycles. The number of nitrogens with two attached hydrogens (primary N) is 1. The van der Waals surface area contributed by atoms with Crippen molar-refractivity contribution in [3.05, 3.63) is 52.8 Å². The monoisotopic (exact) mass is 291 g/mol. The average molecular weight is 292 g/mol. The summed E-state index contributed by atoms with van der Waals surface area (Å²) in [4.78, 5) is 0. The Bertz CT molecular complexity index is 618. The first-order valence-corrected chi connectivity index (χ1v) is 7.08. The summed E-state index contributed by atoms with van der Waals surface area (Å²) >= 11 is 5.93. The molecule has 0 unspecified atom stereocenters. The van der Waals surface area contributed by atoms with Gasteiger partial charge >= 0.3 is 0 Å². The molecule has 1 nitrogen and oxygen atoms in total. The van der Waals surface area contributed by atoms with Gasteiger partial charge in [0, 0.05) is 5.56 Å². The first-order chi connectivity index (χ1) is 9.35. The molecule has 0 saturated heterocycles. The second-order valence-electron chi connectivity index (χ2n) is 5.66. The van der Waals surface area contributed by atoms with Crippen LogP contribution in [0.15, 0.2) is 36.4 Å². The summed E-state index contributed by atoms with van der Waals surface area (Å²) in [5, 5.41) is 0.248. The first kappa shape index (κ1) is 14.9. The van der Waals surface area contributed by atoms with E-state index in [2.05, 4.69) is 32.9 Å². The van der Waals surface area contributed by atoms with Crippen molar-refractivity contribution >= 4 is 17.3 Å². The van der Waals surface area contributed by atoms with Crippen LogP contribution in [-0.4, -0.2) is 0 Å². The molecule has 2 aromatic carbocycles. The van der Waals surface area contributed by atoms with Gasteiger partial charge in [-0.05, 0) is 35.1 Å². The molecule has 0 aliphatic rings. The van der Waals surface area contributed by atoms with Crippen LogP contribution in [0.3, 0.4) is 0 Å². The summed E-state index contributed by atoms with van der Waals surface area (Å²) in [6.07, 6.45) is 1.06. The van der Waals surface area contributed by atoms with E-state index in [0.717, 1.165) is 12.0 Å². The highest BCUT2D eigenvalue weighted by atomic mass is 35.5. The molecule has 0 bridgehead atoms. The molecule has 0 spiro atoms. The van der Waals surface area contributed by atoms with E-state index in [0.29, 0.717) is 11.3 Å². The van der Waals surface area contributed by atoms with Crippen LogP contribution in [0.4, 0.5) is 10.1 Å². The molecule has 0 amide bonds. The van der Waals surface area contributed by atoms with Gasteiger partial charge in [0.05, 0.1) is 10.7 Å². The van der Waals surface area contributed by atoms with E-state index in [1.54, 1.807) is 0 Å². The largest absolute Gasteiger partial charge is 0.397 e. The second kappa shape index (κ2) is 5.45. The molecule has 0 saturated carbocycles. The van der Waals surface area contributed by atoms with E-state index in [1.807, 2.05) is 12.1 Å². The van der Waals surface area contributed by atoms with Crippen LogP contribution in [0.25, 0.3) is 11.1 Å². The van der Waals surface area contributed by atoms with Crippen molar-refractivity contribution in [2.45, 2.75) is 32.6 Å². The van der Waals surface area contributed by atoms with E-state index in [9.17, 15) is 4.39 Å². The number of hydrogen-bond acceptors (Lipinski definition) is 1. The lowest BCUT2D eigenvalue weighted by Gasteiger charge is -2.23. The fourth-order valence-electron chi connectivity index (χ4n) is 2.13. The van der Waals surface area contributed by atoms with Crippen LogP contribution in [0.1, 0.15) is 32.8 Å². The van der Waals surface area contributed by atoms with Gasteiger partial charge in [-0.3, -0.25) is 0 Å². The number of rotatable bonds is 3. The predicted molar refractivity (Wildman–Crippen MR) is 84.6 cm³/mol. The third-order valence-corrected chi connectivity index (χ3v) is 4.27. The SMILES string of the molecule is CCC(C)(C)c1ccc(-c2cc(F)cc(Cl)c2N)cc1. The average Bonchev–Trinajstić information content (AvgIpc) is 2.43. The minimum Gasteiger partial charge on any atom is -0.397 e. The highest BCUT2D eigenvalue weighted by molar-refractivity contribution is 6.33. The van der Waals surface area contributed by atoms with Gasteiger partial charge in [-0.2, -0.15) is 0 Å². The molecule has 0 atom stereocenters. The maximum atomic E-state index is 13.5. The van der Waals surface area contributed by atoms with Crippen LogP contribution in [0.2, 0.25) is 5.02 Å². The summed E-state index contributed by atoms with van der Waals surface area (Å²) in [5.74, 6) is -0.378. The Hall–Kier alpha value is -1.54. The maximum absolute atomic E-state index is 13.5. The Labute approximate surface area is 124 Å². The number of benzene rings is 2. The molecule has 2 aromatic rings. The van der Waals surface area contributed by atoms with Crippen molar-refractivity contribution in [3.63, 3.8) is 0 Å². The smallest absolute Gasteiger partial charge is 0.125 e. The van der Waals surface area contributed by atoms with E-state index in [4.69, 9.17) is 17.3 Å². The minimum atomic E-state index is -0.378. The number of nitrogen functional groups attached to an aromatic ring is 1. The van der Waals surface area contributed by atoms with Crippen molar-refractivity contribution < 1.29 is 4.39 Å². The molecule has 2 N–H and O–H groups in total. The van der Waals surface area contributed by atoms with E-state index >= 15 is 0 Å². The van der Waals surface area contributed by atoms with Crippen molar-refractivity contribution in [2.75, 3.05) is 5.73 Å². The molecule has 0 radical (unpaired) electrons. The Balaban J connectivity index is 2.46. The molecule has 0 fully saturated rings. The highest BCUT2D eigenvalue weighted by Crippen LogP contribution is 2.34. The lowest BCUT2D eigenvalue weighted by molar-refractivity contribution is 0.506. The lowest BCUT2D eigenvalue weighted by Crippen LogP contribution is -2.14. The van der Waals surface area contributed by atoms with E-state index < -0.39 is 0 Å². The fraction of sp³-hybridized carbons (Fsp3) is 0.294. The van der Waals surface area contributed by atoms with Crippen LogP contribution in [0, 0.1) is 5.82 Å². The highest BCUT2D eigenvalue weighted by Gasteiger charge is 2.18. The number of hydrogen-bond donors (Lipinski definition) is 1. The Morgan fingerprint density at radius 3 is 2.30 bits per heavy atom. The van der Waals surface area contributed by atoms with Gasteiger partial charge in [0.2, 0.25) is 0 Å². The zero-order valence-corrected chi connectivity index (χ0v) is 12.8. The summed E-state index contributed by atoms with van der Waals surface area (Å²) in [6, 6.07) is 10.7. The van der Waals surface area contributed by atoms with E-state index in [-0.39, 0.29) is 16.3 Å². The van der Waals surface area contributed by atoms with Gasteiger partial charge in [-0.25, -0.2) is 4.39 Å². The van der Waals surface area contributed by atoms with Gasteiger partial charge in [-0.1, -0.05) is 56.6 Å². The fourth-order valence-corrected chi connectivity index (χ4v) is 2.33. The van der Waals surface area contributed by atoms with Crippen LogP contribution < -0.4 is 5.73 Å². The zero-order chi connectivity index (χ0) is 14.9. The Morgan fingerprint density at radius 2 is 1.75 bits per heavy atom. The molecule has 0 aliphatic carbocycles. The topological polar surface area (TPSA) is 26.0 Å². The first-order valence-electron chi connectivity index (χ1n) is 6.70. The number of halogens is 2. The molecular formula is C17H19ClFN. The Morgan fingerprint density at radius 1 is 1.15 bits per heavy atom. The molecule has 106 valence electrons. The van der Waals surface area contributed by atoms with Crippen molar-refractivity contribution in [1.29, 1.82) is 0 Å². The number of anilines is 1. The summed E-state index contributed by atoms with van der Waals surface area (Å²) in [6.45, 7) is 6.57. The van der Waals surface area contributed by atoms with E-state index in [1.165, 1.54) is 17.7 Å². The summed E-state index contributed by atoms with van der Waals surface area (Å²) in [5.41, 5.74) is 9.24. The van der Waals surface area contributed by atoms with Crippen LogP contribution >= 0.6 is 11.6 Å². The minimum absolute atomic E-state index is 0.129. The predicted octanol–water partition coefficient (Wildman–Crippen LogP) is 5.42. The third kappa shape index (κ3) is 2.80. The lowest BCUT2D eigenvalue weighted by atomic mass is 9.82. The van der Waals surface area contributed by atoms with Crippen LogP contribution in [-0.2, 0) is 5.41 Å². The van der Waals surface area contributed by atoms with Gasteiger partial charge in [0.15, 0.2) is 0 Å². The zero-order valence-electron chi connectivity index (χ0n) is 12.0. The maximum Gasteiger partial charge on any atom is 0.125 e. The molecule has 0 aromatic heterocycles. The summed E-state index contributed by atoms with van der Waals surface area (Å²) in [7, 11) is 0. The third-order valence-electron chi connectivity index (χ3n) is 3.96. The molecular weight excluding hydrogens is 273 g/mol. The van der Waals surface area contributed by atoms with Crippen LogP contribution in [0.5, 0.6) is 0 Å². The quantitative estimate of drug-likeness (QED) is 0.751.